The summed E-state index contributed by atoms with van der Waals surface area (Å²) in [5.41, 5.74) is 3.02. The van der Waals surface area contributed by atoms with Crippen LogP contribution in [-0.4, -0.2) is 28.6 Å². The Morgan fingerprint density at radius 2 is 1.95 bits per heavy atom. The van der Waals surface area contributed by atoms with E-state index in [2.05, 4.69) is 10.3 Å². The molecule has 1 unspecified atom stereocenters. The van der Waals surface area contributed by atoms with Gasteiger partial charge in [-0.2, -0.15) is 0 Å². The predicted octanol–water partition coefficient (Wildman–Crippen LogP) is 2.99. The molecule has 0 radical (unpaired) electrons. The lowest BCUT2D eigenvalue weighted by molar-refractivity contribution is 0.0586. The van der Waals surface area contributed by atoms with Gasteiger partial charge in [0, 0.05) is 11.9 Å². The smallest absolute Gasteiger partial charge is 0.253 e. The standard InChI is InChI=1S/C18H24N2O2/c1-11-6-7-13-9-14(12(2)20-15(13)8-11)17(22)19-10-16(21)18(3,4)5/h6-9,16,21H,10H2,1-5H3,(H,19,22). The fourth-order valence-electron chi connectivity index (χ4n) is 2.19. The van der Waals surface area contributed by atoms with Gasteiger partial charge in [-0.1, -0.05) is 32.9 Å². The molecule has 1 aromatic carbocycles. The number of fused-ring (bicyclic) bond motifs is 1. The zero-order chi connectivity index (χ0) is 16.5. The number of benzene rings is 1. The van der Waals surface area contributed by atoms with Gasteiger partial charge in [-0.15, -0.1) is 0 Å². The molecule has 1 heterocycles. The lowest BCUT2D eigenvalue weighted by Gasteiger charge is -2.26. The monoisotopic (exact) mass is 300 g/mol. The number of aryl methyl sites for hydroxylation is 2. The molecule has 0 saturated heterocycles. The second-order valence-corrected chi connectivity index (χ2v) is 6.91. The first-order chi connectivity index (χ1) is 10.2. The van der Waals surface area contributed by atoms with Crippen molar-refractivity contribution in [3.63, 3.8) is 0 Å². The van der Waals surface area contributed by atoms with E-state index in [0.717, 1.165) is 16.5 Å². The van der Waals surface area contributed by atoms with Crippen LogP contribution in [0.2, 0.25) is 0 Å². The van der Waals surface area contributed by atoms with E-state index in [1.165, 1.54) is 0 Å². The average Bonchev–Trinajstić information content (AvgIpc) is 2.42. The van der Waals surface area contributed by atoms with Crippen LogP contribution in [0.3, 0.4) is 0 Å². The van der Waals surface area contributed by atoms with Crippen molar-refractivity contribution < 1.29 is 9.90 Å². The summed E-state index contributed by atoms with van der Waals surface area (Å²) in [5.74, 6) is -0.198. The lowest BCUT2D eigenvalue weighted by atomic mass is 9.89. The normalized spacial score (nSPS) is 13.2. The molecule has 2 rings (SSSR count). The van der Waals surface area contributed by atoms with E-state index >= 15 is 0 Å². The maximum Gasteiger partial charge on any atom is 0.253 e. The van der Waals surface area contributed by atoms with E-state index in [4.69, 9.17) is 0 Å². The summed E-state index contributed by atoms with van der Waals surface area (Å²) >= 11 is 0. The van der Waals surface area contributed by atoms with E-state index in [9.17, 15) is 9.90 Å². The first kappa shape index (κ1) is 16.4. The molecule has 1 amide bonds. The number of carbonyl (C=O) groups excluding carboxylic acids is 1. The summed E-state index contributed by atoms with van der Waals surface area (Å²) in [4.78, 5) is 16.9. The van der Waals surface area contributed by atoms with Crippen LogP contribution in [-0.2, 0) is 0 Å². The highest BCUT2D eigenvalue weighted by Gasteiger charge is 2.23. The minimum absolute atomic E-state index is 0.198. The van der Waals surface area contributed by atoms with Crippen LogP contribution in [0.25, 0.3) is 10.9 Å². The Balaban J connectivity index is 2.21. The van der Waals surface area contributed by atoms with Gasteiger partial charge < -0.3 is 10.4 Å². The van der Waals surface area contributed by atoms with Gasteiger partial charge in [0.2, 0.25) is 0 Å². The number of amides is 1. The summed E-state index contributed by atoms with van der Waals surface area (Å²) in [7, 11) is 0. The number of hydrogen-bond acceptors (Lipinski definition) is 3. The second-order valence-electron chi connectivity index (χ2n) is 6.91. The van der Waals surface area contributed by atoms with Crippen molar-refractivity contribution in [3.8, 4) is 0 Å². The molecule has 0 aliphatic heterocycles. The van der Waals surface area contributed by atoms with Crippen LogP contribution in [0.4, 0.5) is 0 Å². The van der Waals surface area contributed by atoms with Crippen molar-refractivity contribution in [3.05, 3.63) is 41.1 Å². The fourth-order valence-corrected chi connectivity index (χ4v) is 2.19. The van der Waals surface area contributed by atoms with Crippen LogP contribution in [0.1, 0.15) is 42.4 Å². The summed E-state index contributed by atoms with van der Waals surface area (Å²) in [5, 5.41) is 13.8. The number of rotatable bonds is 3. The van der Waals surface area contributed by atoms with Crippen molar-refractivity contribution in [1.29, 1.82) is 0 Å². The predicted molar refractivity (Wildman–Crippen MR) is 89.0 cm³/mol. The molecule has 2 aromatic rings. The number of carbonyl (C=O) groups is 1. The van der Waals surface area contributed by atoms with Gasteiger partial charge in [0.05, 0.1) is 22.9 Å². The Morgan fingerprint density at radius 3 is 2.59 bits per heavy atom. The molecular formula is C18H24N2O2. The zero-order valence-corrected chi connectivity index (χ0v) is 13.9. The Labute approximate surface area is 131 Å². The Bertz CT molecular complexity index is 702. The van der Waals surface area contributed by atoms with Gasteiger partial charge in [0.1, 0.15) is 0 Å². The highest BCUT2D eigenvalue weighted by Crippen LogP contribution is 2.20. The topological polar surface area (TPSA) is 62.2 Å². The Morgan fingerprint density at radius 1 is 1.27 bits per heavy atom. The average molecular weight is 300 g/mol. The molecule has 0 aliphatic rings. The van der Waals surface area contributed by atoms with Crippen LogP contribution < -0.4 is 5.32 Å². The fraction of sp³-hybridized carbons (Fsp3) is 0.444. The van der Waals surface area contributed by atoms with Gasteiger partial charge in [0.25, 0.3) is 5.91 Å². The molecule has 4 nitrogen and oxygen atoms in total. The molecule has 1 atom stereocenters. The van der Waals surface area contributed by atoms with E-state index in [1.54, 1.807) is 0 Å². The first-order valence-corrected chi connectivity index (χ1v) is 7.53. The first-order valence-electron chi connectivity index (χ1n) is 7.53. The third-order valence-corrected chi connectivity index (χ3v) is 3.86. The molecule has 0 spiro atoms. The molecule has 4 heteroatoms. The van der Waals surface area contributed by atoms with Gasteiger partial charge >= 0.3 is 0 Å². The zero-order valence-electron chi connectivity index (χ0n) is 13.9. The summed E-state index contributed by atoms with van der Waals surface area (Å²) in [6.07, 6.45) is -0.590. The van der Waals surface area contributed by atoms with Crippen molar-refractivity contribution >= 4 is 16.8 Å². The molecular weight excluding hydrogens is 276 g/mol. The van der Waals surface area contributed by atoms with E-state index in [0.29, 0.717) is 11.3 Å². The van der Waals surface area contributed by atoms with Crippen molar-refractivity contribution in [2.75, 3.05) is 6.54 Å². The maximum absolute atomic E-state index is 12.3. The molecule has 0 aliphatic carbocycles. The van der Waals surface area contributed by atoms with Crippen LogP contribution in [0.5, 0.6) is 0 Å². The second kappa shape index (κ2) is 6.05. The van der Waals surface area contributed by atoms with Gasteiger partial charge in [-0.3, -0.25) is 9.78 Å². The highest BCUT2D eigenvalue weighted by molar-refractivity contribution is 5.98. The number of aliphatic hydroxyl groups excluding tert-OH is 1. The molecule has 22 heavy (non-hydrogen) atoms. The molecule has 0 saturated carbocycles. The molecule has 2 N–H and O–H groups in total. The Hall–Kier alpha value is -1.94. The molecule has 1 aromatic heterocycles. The van der Waals surface area contributed by atoms with Crippen molar-refractivity contribution in [1.82, 2.24) is 10.3 Å². The minimum atomic E-state index is -0.590. The van der Waals surface area contributed by atoms with E-state index < -0.39 is 6.10 Å². The van der Waals surface area contributed by atoms with Crippen LogP contribution >= 0.6 is 0 Å². The maximum atomic E-state index is 12.3. The quantitative estimate of drug-likeness (QED) is 0.916. The van der Waals surface area contributed by atoms with Gasteiger partial charge in [-0.05, 0) is 37.0 Å². The number of nitrogens with one attached hydrogen (secondary N) is 1. The van der Waals surface area contributed by atoms with Gasteiger partial charge in [0.15, 0.2) is 0 Å². The number of hydrogen-bond donors (Lipinski definition) is 2. The largest absolute Gasteiger partial charge is 0.391 e. The molecule has 118 valence electrons. The summed E-state index contributed by atoms with van der Waals surface area (Å²) in [6.45, 7) is 9.90. The molecule has 0 fully saturated rings. The van der Waals surface area contributed by atoms with E-state index in [1.807, 2.05) is 58.9 Å². The van der Waals surface area contributed by atoms with Gasteiger partial charge in [-0.25, -0.2) is 0 Å². The number of pyridine rings is 1. The molecule has 0 bridgehead atoms. The lowest BCUT2D eigenvalue weighted by Crippen LogP contribution is -2.39. The van der Waals surface area contributed by atoms with Crippen LogP contribution in [0, 0.1) is 19.3 Å². The minimum Gasteiger partial charge on any atom is -0.391 e. The van der Waals surface area contributed by atoms with Crippen molar-refractivity contribution in [2.45, 2.75) is 40.7 Å². The number of nitrogens with zero attached hydrogens (tertiary/aromatic N) is 1. The SMILES string of the molecule is Cc1ccc2cc(C(=O)NCC(O)C(C)(C)C)c(C)nc2c1. The third-order valence-electron chi connectivity index (χ3n) is 3.86. The highest BCUT2D eigenvalue weighted by atomic mass is 16.3. The van der Waals surface area contributed by atoms with Crippen molar-refractivity contribution in [2.24, 2.45) is 5.41 Å². The van der Waals surface area contributed by atoms with Crippen LogP contribution in [0.15, 0.2) is 24.3 Å². The Kier molecular flexibility index (Phi) is 4.52. The summed E-state index contributed by atoms with van der Waals surface area (Å²) < 4.78 is 0. The van der Waals surface area contributed by atoms with E-state index in [-0.39, 0.29) is 17.9 Å². The number of aromatic nitrogens is 1. The summed E-state index contributed by atoms with van der Waals surface area (Å²) in [6, 6.07) is 7.84. The third kappa shape index (κ3) is 3.63. The number of aliphatic hydroxyl groups is 1.